The average molecular weight is 317 g/mol. The number of furan rings is 1. The second kappa shape index (κ2) is 6.92. The third-order valence-corrected chi connectivity index (χ3v) is 5.12. The van der Waals surface area contributed by atoms with Gasteiger partial charge >= 0.3 is 0 Å². The lowest BCUT2D eigenvalue weighted by molar-refractivity contribution is -0.122. The van der Waals surface area contributed by atoms with E-state index < -0.39 is 0 Å². The summed E-state index contributed by atoms with van der Waals surface area (Å²) >= 11 is 1.40. The molecule has 1 N–H and O–H groups in total. The number of ketones is 1. The fraction of sp³-hybridized carbons (Fsp3) is 0.412. The molecule has 2 aromatic heterocycles. The minimum Gasteiger partial charge on any atom is -0.461 e. The summed E-state index contributed by atoms with van der Waals surface area (Å²) in [5.74, 6) is 0.899. The van der Waals surface area contributed by atoms with Gasteiger partial charge in [0.2, 0.25) is 11.7 Å². The highest BCUT2D eigenvalue weighted by atomic mass is 32.1. The quantitative estimate of drug-likeness (QED) is 0.825. The maximum absolute atomic E-state index is 12.1. The standard InChI is InChI=1S/C17H19NO3S/c19-16(10-12-4-1-2-5-12)18-11-13-7-8-15(22-13)17(20)14-6-3-9-21-14/h3,6-9,12H,1-2,4-5,10-11H2,(H,18,19). The summed E-state index contributed by atoms with van der Waals surface area (Å²) in [6.45, 7) is 0.488. The van der Waals surface area contributed by atoms with Crippen LogP contribution in [0.2, 0.25) is 0 Å². The SMILES string of the molecule is O=C(CC1CCCC1)NCc1ccc(C(=O)c2ccco2)s1. The van der Waals surface area contributed by atoms with Gasteiger partial charge in [0.05, 0.1) is 17.7 Å². The van der Waals surface area contributed by atoms with E-state index in [9.17, 15) is 9.59 Å². The van der Waals surface area contributed by atoms with E-state index in [0.717, 1.165) is 4.88 Å². The molecule has 2 heterocycles. The molecular formula is C17H19NO3S. The maximum Gasteiger partial charge on any atom is 0.238 e. The molecule has 0 aromatic carbocycles. The Morgan fingerprint density at radius 2 is 2.05 bits per heavy atom. The molecule has 0 atom stereocenters. The van der Waals surface area contributed by atoms with Crippen molar-refractivity contribution in [3.8, 4) is 0 Å². The van der Waals surface area contributed by atoms with Crippen LogP contribution < -0.4 is 5.32 Å². The molecule has 1 aliphatic carbocycles. The molecule has 1 saturated carbocycles. The molecule has 0 saturated heterocycles. The van der Waals surface area contributed by atoms with Crippen LogP contribution in [0.4, 0.5) is 0 Å². The molecular weight excluding hydrogens is 298 g/mol. The van der Waals surface area contributed by atoms with E-state index in [1.807, 2.05) is 6.07 Å². The van der Waals surface area contributed by atoms with E-state index in [1.165, 1.54) is 43.3 Å². The van der Waals surface area contributed by atoms with Gasteiger partial charge in [0.25, 0.3) is 0 Å². The van der Waals surface area contributed by atoms with Crippen LogP contribution in [-0.2, 0) is 11.3 Å². The van der Waals surface area contributed by atoms with Crippen molar-refractivity contribution in [2.75, 3.05) is 0 Å². The fourth-order valence-electron chi connectivity index (χ4n) is 2.86. The Morgan fingerprint density at radius 3 is 2.77 bits per heavy atom. The van der Waals surface area contributed by atoms with Crippen LogP contribution in [0, 0.1) is 5.92 Å². The zero-order valence-electron chi connectivity index (χ0n) is 12.3. The van der Waals surface area contributed by atoms with Crippen molar-refractivity contribution in [2.24, 2.45) is 5.92 Å². The molecule has 0 aliphatic heterocycles. The highest BCUT2D eigenvalue weighted by Gasteiger charge is 2.18. The van der Waals surface area contributed by atoms with Crippen molar-refractivity contribution >= 4 is 23.0 Å². The molecule has 22 heavy (non-hydrogen) atoms. The van der Waals surface area contributed by atoms with E-state index >= 15 is 0 Å². The Labute approximate surface area is 133 Å². The molecule has 4 nitrogen and oxygen atoms in total. The first-order chi connectivity index (χ1) is 10.7. The Morgan fingerprint density at radius 1 is 1.23 bits per heavy atom. The lowest BCUT2D eigenvalue weighted by atomic mass is 10.0. The molecule has 116 valence electrons. The molecule has 5 heteroatoms. The van der Waals surface area contributed by atoms with E-state index in [2.05, 4.69) is 5.32 Å². The Kier molecular flexibility index (Phi) is 4.73. The van der Waals surface area contributed by atoms with Gasteiger partial charge in [0, 0.05) is 11.3 Å². The molecule has 1 aliphatic rings. The molecule has 0 bridgehead atoms. The predicted molar refractivity (Wildman–Crippen MR) is 84.9 cm³/mol. The van der Waals surface area contributed by atoms with E-state index in [0.29, 0.717) is 29.5 Å². The van der Waals surface area contributed by atoms with Crippen LogP contribution in [0.15, 0.2) is 34.9 Å². The monoisotopic (exact) mass is 317 g/mol. The third-order valence-electron chi connectivity index (χ3n) is 4.04. The number of carbonyl (C=O) groups excluding carboxylic acids is 2. The largest absolute Gasteiger partial charge is 0.461 e. The highest BCUT2D eigenvalue weighted by molar-refractivity contribution is 7.14. The molecule has 0 radical (unpaired) electrons. The number of rotatable bonds is 6. The second-order valence-electron chi connectivity index (χ2n) is 5.70. The smallest absolute Gasteiger partial charge is 0.238 e. The van der Waals surface area contributed by atoms with Gasteiger partial charge < -0.3 is 9.73 Å². The van der Waals surface area contributed by atoms with Crippen LogP contribution in [0.1, 0.15) is 52.4 Å². The first-order valence-corrected chi connectivity index (χ1v) is 8.47. The van der Waals surface area contributed by atoms with E-state index in [1.54, 1.807) is 18.2 Å². The first-order valence-electron chi connectivity index (χ1n) is 7.66. The van der Waals surface area contributed by atoms with Gasteiger partial charge in [0.1, 0.15) is 0 Å². The Hall–Kier alpha value is -1.88. The van der Waals surface area contributed by atoms with Crippen molar-refractivity contribution in [2.45, 2.75) is 38.6 Å². The summed E-state index contributed by atoms with van der Waals surface area (Å²) in [6, 6.07) is 7.03. The average Bonchev–Trinajstić information content (AvgIpc) is 3.26. The number of hydrogen-bond donors (Lipinski definition) is 1. The maximum atomic E-state index is 12.1. The number of amides is 1. The highest BCUT2D eigenvalue weighted by Crippen LogP contribution is 2.27. The van der Waals surface area contributed by atoms with Crippen LogP contribution in [-0.4, -0.2) is 11.7 Å². The summed E-state index contributed by atoms with van der Waals surface area (Å²) in [6.07, 6.45) is 6.97. The van der Waals surface area contributed by atoms with Gasteiger partial charge in [-0.1, -0.05) is 12.8 Å². The van der Waals surface area contributed by atoms with Crippen molar-refractivity contribution in [1.29, 1.82) is 0 Å². The second-order valence-corrected chi connectivity index (χ2v) is 6.87. The van der Waals surface area contributed by atoms with Gasteiger partial charge in [-0.05, 0) is 43.0 Å². The zero-order valence-corrected chi connectivity index (χ0v) is 13.2. The summed E-state index contributed by atoms with van der Waals surface area (Å²) in [4.78, 5) is 25.6. The Bertz CT molecular complexity index is 639. The van der Waals surface area contributed by atoms with Crippen molar-refractivity contribution in [1.82, 2.24) is 5.32 Å². The molecule has 1 amide bonds. The lowest BCUT2D eigenvalue weighted by Gasteiger charge is -2.08. The van der Waals surface area contributed by atoms with Crippen molar-refractivity contribution < 1.29 is 14.0 Å². The molecule has 0 unspecified atom stereocenters. The van der Waals surface area contributed by atoms with Crippen LogP contribution in [0.3, 0.4) is 0 Å². The molecule has 1 fully saturated rings. The third kappa shape index (κ3) is 3.65. The van der Waals surface area contributed by atoms with Crippen LogP contribution >= 0.6 is 11.3 Å². The predicted octanol–water partition coefficient (Wildman–Crippen LogP) is 3.77. The van der Waals surface area contributed by atoms with Gasteiger partial charge in [-0.3, -0.25) is 9.59 Å². The lowest BCUT2D eigenvalue weighted by Crippen LogP contribution is -2.24. The van der Waals surface area contributed by atoms with Crippen LogP contribution in [0.25, 0.3) is 0 Å². The Balaban J connectivity index is 1.51. The first kappa shape index (κ1) is 15.0. The van der Waals surface area contributed by atoms with Gasteiger partial charge in [-0.15, -0.1) is 11.3 Å². The molecule has 0 spiro atoms. The van der Waals surface area contributed by atoms with Crippen LogP contribution in [0.5, 0.6) is 0 Å². The van der Waals surface area contributed by atoms with Gasteiger partial charge in [-0.25, -0.2) is 0 Å². The minimum atomic E-state index is -0.112. The van der Waals surface area contributed by atoms with E-state index in [4.69, 9.17) is 4.42 Å². The van der Waals surface area contributed by atoms with Crippen molar-refractivity contribution in [3.05, 3.63) is 46.0 Å². The van der Waals surface area contributed by atoms with Gasteiger partial charge in [-0.2, -0.15) is 0 Å². The zero-order chi connectivity index (χ0) is 15.4. The summed E-state index contributed by atoms with van der Waals surface area (Å²) in [7, 11) is 0. The molecule has 3 rings (SSSR count). The normalized spacial score (nSPS) is 15.1. The summed E-state index contributed by atoms with van der Waals surface area (Å²) in [5, 5.41) is 2.95. The number of hydrogen-bond acceptors (Lipinski definition) is 4. The van der Waals surface area contributed by atoms with E-state index in [-0.39, 0.29) is 11.7 Å². The number of nitrogens with one attached hydrogen (secondary N) is 1. The summed E-state index contributed by atoms with van der Waals surface area (Å²) in [5.41, 5.74) is 0. The summed E-state index contributed by atoms with van der Waals surface area (Å²) < 4.78 is 5.12. The molecule has 2 aromatic rings. The van der Waals surface area contributed by atoms with Gasteiger partial charge in [0.15, 0.2) is 5.76 Å². The fourth-order valence-corrected chi connectivity index (χ4v) is 3.75. The van der Waals surface area contributed by atoms with Crippen molar-refractivity contribution in [3.63, 3.8) is 0 Å². The number of thiophene rings is 1. The topological polar surface area (TPSA) is 59.3 Å². The minimum absolute atomic E-state index is 0.110. The number of carbonyl (C=O) groups is 2.